The van der Waals surface area contributed by atoms with E-state index in [9.17, 15) is 14.4 Å². The van der Waals surface area contributed by atoms with Crippen LogP contribution in [0.5, 0.6) is 11.5 Å². The molecule has 0 radical (unpaired) electrons. The van der Waals surface area contributed by atoms with Gasteiger partial charge in [-0.05, 0) is 48.9 Å². The summed E-state index contributed by atoms with van der Waals surface area (Å²) < 4.78 is 10.5. The van der Waals surface area contributed by atoms with E-state index in [-0.39, 0.29) is 18.2 Å². The highest BCUT2D eigenvalue weighted by Crippen LogP contribution is 2.31. The Bertz CT molecular complexity index is 1060. The first-order valence-corrected chi connectivity index (χ1v) is 10.6. The molecule has 2 heterocycles. The first-order valence-electron chi connectivity index (χ1n) is 10.6. The number of nitrogens with one attached hydrogen (secondary N) is 5. The fraction of sp³-hybridized carbons (Fsp3) is 0.348. The number of rotatable bonds is 6. The zero-order chi connectivity index (χ0) is 23.5. The molecule has 4 atom stereocenters. The largest absolute Gasteiger partial charge is 0.497 e. The van der Waals surface area contributed by atoms with Gasteiger partial charge in [-0.1, -0.05) is 6.07 Å². The Morgan fingerprint density at radius 3 is 2.48 bits per heavy atom. The monoisotopic (exact) mass is 453 g/mol. The predicted molar refractivity (Wildman–Crippen MR) is 122 cm³/mol. The number of benzene rings is 2. The second-order valence-electron chi connectivity index (χ2n) is 8.06. The fourth-order valence-electron chi connectivity index (χ4n) is 4.15. The number of fused-ring (bicyclic) bond motifs is 1. The molecule has 0 aromatic heterocycles. The minimum absolute atomic E-state index is 0.0905. The van der Waals surface area contributed by atoms with Crippen molar-refractivity contribution in [3.8, 4) is 11.5 Å². The van der Waals surface area contributed by atoms with Crippen molar-refractivity contribution in [2.75, 3.05) is 24.9 Å². The van der Waals surface area contributed by atoms with Gasteiger partial charge in [-0.25, -0.2) is 0 Å². The molecule has 2 aliphatic heterocycles. The van der Waals surface area contributed by atoms with Crippen molar-refractivity contribution >= 4 is 29.1 Å². The molecule has 2 aromatic rings. The van der Waals surface area contributed by atoms with Crippen molar-refractivity contribution < 1.29 is 23.9 Å². The summed E-state index contributed by atoms with van der Waals surface area (Å²) in [6.45, 7) is 1.90. The van der Waals surface area contributed by atoms with Crippen molar-refractivity contribution in [2.45, 2.75) is 25.8 Å². The molecule has 0 saturated carbocycles. The molecule has 0 spiro atoms. The van der Waals surface area contributed by atoms with Crippen LogP contribution >= 0.6 is 0 Å². The second-order valence-corrected chi connectivity index (χ2v) is 8.06. The topological polar surface area (TPSA) is 130 Å². The van der Waals surface area contributed by atoms with Gasteiger partial charge in [-0.3, -0.25) is 19.7 Å². The number of carbonyl (C=O) groups is 3. The van der Waals surface area contributed by atoms with Gasteiger partial charge in [0.25, 0.3) is 0 Å². The molecule has 0 bridgehead atoms. The molecule has 4 unspecified atom stereocenters. The lowest BCUT2D eigenvalue weighted by molar-refractivity contribution is -0.144. The average Bonchev–Trinajstić information content (AvgIpc) is 2.79. The number of methoxy groups -OCH3 is 2. The molecule has 3 amide bonds. The van der Waals surface area contributed by atoms with Gasteiger partial charge in [0.05, 0.1) is 37.9 Å². The lowest BCUT2D eigenvalue weighted by Gasteiger charge is -2.43. The second kappa shape index (κ2) is 9.37. The van der Waals surface area contributed by atoms with E-state index in [1.54, 1.807) is 31.4 Å². The summed E-state index contributed by atoms with van der Waals surface area (Å²) in [5.74, 6) is -1.46. The van der Waals surface area contributed by atoms with Crippen molar-refractivity contribution in [3.63, 3.8) is 0 Å². The van der Waals surface area contributed by atoms with E-state index in [0.717, 1.165) is 11.3 Å². The molecule has 174 valence electrons. The maximum absolute atomic E-state index is 13.1. The van der Waals surface area contributed by atoms with Gasteiger partial charge < -0.3 is 30.7 Å². The number of aryl methyl sites for hydroxylation is 1. The van der Waals surface area contributed by atoms with Crippen LogP contribution in [-0.2, 0) is 14.4 Å². The zero-order valence-corrected chi connectivity index (χ0v) is 18.6. The minimum Gasteiger partial charge on any atom is -0.497 e. The molecule has 2 saturated heterocycles. The van der Waals surface area contributed by atoms with Crippen molar-refractivity contribution in [1.29, 1.82) is 0 Å². The number of hydrogen-bond acceptors (Lipinski definition) is 7. The number of anilines is 2. The van der Waals surface area contributed by atoms with Crippen LogP contribution in [-0.4, -0.2) is 44.4 Å². The molecule has 0 aliphatic carbocycles. The number of ether oxygens (including phenoxy) is 2. The molecule has 33 heavy (non-hydrogen) atoms. The van der Waals surface area contributed by atoms with Crippen molar-refractivity contribution in [2.24, 2.45) is 11.8 Å². The molecule has 10 nitrogen and oxygen atoms in total. The van der Waals surface area contributed by atoms with E-state index in [4.69, 9.17) is 9.47 Å². The summed E-state index contributed by atoms with van der Waals surface area (Å²) in [7, 11) is 3.09. The first-order chi connectivity index (χ1) is 15.9. The molecule has 10 heteroatoms. The Balaban J connectivity index is 1.48. The van der Waals surface area contributed by atoms with Crippen LogP contribution in [0, 0.1) is 18.8 Å². The number of piperidine rings is 1. The van der Waals surface area contributed by atoms with Crippen LogP contribution in [0.4, 0.5) is 11.4 Å². The van der Waals surface area contributed by atoms with E-state index < -0.39 is 30.2 Å². The number of hydrogen-bond donors (Lipinski definition) is 5. The summed E-state index contributed by atoms with van der Waals surface area (Å²) in [6, 6.07) is 12.6. The lowest BCUT2D eigenvalue weighted by Crippen LogP contribution is -2.72. The van der Waals surface area contributed by atoms with E-state index in [1.807, 2.05) is 25.1 Å². The SMILES string of the molecule is COc1ccc(NC2NC(=O)C3C(NC(=O)CC3C(=O)Nc3cc(C)ccc3OC)N2)cc1. The zero-order valence-electron chi connectivity index (χ0n) is 18.6. The van der Waals surface area contributed by atoms with Gasteiger partial charge >= 0.3 is 0 Å². The Kier molecular flexibility index (Phi) is 6.36. The maximum atomic E-state index is 13.1. The quantitative estimate of drug-likeness (QED) is 0.444. The lowest BCUT2D eigenvalue weighted by atomic mass is 9.81. The average molecular weight is 453 g/mol. The van der Waals surface area contributed by atoms with Gasteiger partial charge in [0.2, 0.25) is 17.7 Å². The first kappa shape index (κ1) is 22.4. The third-order valence-corrected chi connectivity index (χ3v) is 5.80. The molecule has 2 aromatic carbocycles. The van der Waals surface area contributed by atoms with Crippen LogP contribution in [0.25, 0.3) is 0 Å². The summed E-state index contributed by atoms with van der Waals surface area (Å²) in [5.41, 5.74) is 2.18. The third-order valence-electron chi connectivity index (χ3n) is 5.80. The van der Waals surface area contributed by atoms with Crippen LogP contribution in [0.2, 0.25) is 0 Å². The van der Waals surface area contributed by atoms with Crippen LogP contribution in [0.3, 0.4) is 0 Å². The highest BCUT2D eigenvalue weighted by molar-refractivity contribution is 6.01. The molecule has 4 rings (SSSR count). The number of amides is 3. The molecular formula is C23H27N5O5. The Hall–Kier alpha value is -3.79. The van der Waals surface area contributed by atoms with Crippen molar-refractivity contribution in [3.05, 3.63) is 48.0 Å². The fourth-order valence-corrected chi connectivity index (χ4v) is 4.15. The van der Waals surface area contributed by atoms with E-state index in [1.165, 1.54) is 7.11 Å². The normalized spacial score (nSPS) is 24.1. The predicted octanol–water partition coefficient (Wildman–Crippen LogP) is 1.14. The highest BCUT2D eigenvalue weighted by atomic mass is 16.5. The van der Waals surface area contributed by atoms with E-state index in [2.05, 4.69) is 26.6 Å². The molecule has 2 fully saturated rings. The van der Waals surface area contributed by atoms with Gasteiger partial charge in [-0.2, -0.15) is 0 Å². The molecule has 2 aliphatic rings. The summed E-state index contributed by atoms with van der Waals surface area (Å²) in [4.78, 5) is 38.5. The summed E-state index contributed by atoms with van der Waals surface area (Å²) >= 11 is 0. The highest BCUT2D eigenvalue weighted by Gasteiger charge is 2.48. The Morgan fingerprint density at radius 1 is 1.03 bits per heavy atom. The molecule has 5 N–H and O–H groups in total. The Labute approximate surface area is 191 Å². The van der Waals surface area contributed by atoms with Gasteiger partial charge in [0.1, 0.15) is 11.5 Å². The number of carbonyl (C=O) groups excluding carboxylic acids is 3. The third kappa shape index (κ3) is 4.85. The van der Waals surface area contributed by atoms with Crippen LogP contribution in [0.1, 0.15) is 12.0 Å². The van der Waals surface area contributed by atoms with Gasteiger partial charge in [0, 0.05) is 12.1 Å². The smallest absolute Gasteiger partial charge is 0.229 e. The Morgan fingerprint density at radius 2 is 1.79 bits per heavy atom. The summed E-state index contributed by atoms with van der Waals surface area (Å²) in [5, 5.41) is 14.8. The minimum atomic E-state index is -0.844. The van der Waals surface area contributed by atoms with E-state index >= 15 is 0 Å². The van der Waals surface area contributed by atoms with Crippen molar-refractivity contribution in [1.82, 2.24) is 16.0 Å². The van der Waals surface area contributed by atoms with Crippen LogP contribution < -0.4 is 36.1 Å². The van der Waals surface area contributed by atoms with E-state index in [0.29, 0.717) is 17.2 Å². The standard InChI is InChI=1S/C23H27N5O5/c1-12-4-9-17(33-3)16(10-12)25-21(30)15-11-18(29)26-20-19(15)22(31)28-23(27-20)24-13-5-7-14(32-2)8-6-13/h4-10,15,19-20,23-24,27H,11H2,1-3H3,(H,25,30)(H,26,29)(H,28,31). The molecular weight excluding hydrogens is 426 g/mol. The maximum Gasteiger partial charge on any atom is 0.229 e. The summed E-state index contributed by atoms with van der Waals surface area (Å²) in [6.07, 6.45) is -1.43. The van der Waals surface area contributed by atoms with Gasteiger partial charge in [-0.15, -0.1) is 0 Å². The van der Waals surface area contributed by atoms with Crippen LogP contribution in [0.15, 0.2) is 42.5 Å². The van der Waals surface area contributed by atoms with Gasteiger partial charge in [0.15, 0.2) is 6.29 Å².